The number of carbonyl (C=O) groups is 1. The number of primary amides is 1. The summed E-state index contributed by atoms with van der Waals surface area (Å²) < 4.78 is 0.666. The van der Waals surface area contributed by atoms with E-state index in [0.29, 0.717) is 16.2 Å². The smallest absolute Gasteiger partial charge is 0.277 e. The van der Waals surface area contributed by atoms with Crippen molar-refractivity contribution in [2.75, 3.05) is 5.32 Å². The lowest BCUT2D eigenvalue weighted by Gasteiger charge is -2.04. The van der Waals surface area contributed by atoms with Gasteiger partial charge in [0.05, 0.1) is 0 Å². The minimum absolute atomic E-state index is 0.211. The van der Waals surface area contributed by atoms with Crippen LogP contribution in [0.15, 0.2) is 30.3 Å². The first-order valence-electron chi connectivity index (χ1n) is 5.71. The summed E-state index contributed by atoms with van der Waals surface area (Å²) in [5, 5.41) is 17.8. The maximum atomic E-state index is 11.1. The molecule has 0 atom stereocenters. The first kappa shape index (κ1) is 12.3. The largest absolute Gasteiger partial charge is 0.364 e. The van der Waals surface area contributed by atoms with E-state index in [1.807, 2.05) is 30.3 Å². The number of nitrogens with two attached hydrogens (primary N) is 1. The number of fused-ring (bicyclic) bond motifs is 1. The molecular weight excluding hydrogens is 276 g/mol. The molecule has 3 rings (SSSR count). The molecule has 7 nitrogen and oxygen atoms in total. The summed E-state index contributed by atoms with van der Waals surface area (Å²) in [6, 6.07) is 9.22. The van der Waals surface area contributed by atoms with Crippen molar-refractivity contribution in [2.45, 2.75) is 0 Å². The highest BCUT2D eigenvalue weighted by Crippen LogP contribution is 2.27. The molecule has 8 heteroatoms. The van der Waals surface area contributed by atoms with Gasteiger partial charge in [0.15, 0.2) is 16.5 Å². The molecule has 0 saturated carbocycles. The molecule has 2 heterocycles. The van der Waals surface area contributed by atoms with Crippen molar-refractivity contribution in [3.05, 3.63) is 40.9 Å². The number of hydrogen-bond donors (Lipinski definition) is 4. The van der Waals surface area contributed by atoms with Crippen LogP contribution in [0.25, 0.3) is 10.3 Å². The molecule has 0 aliphatic heterocycles. The molecule has 100 valence electrons. The van der Waals surface area contributed by atoms with Gasteiger partial charge in [-0.2, -0.15) is 5.10 Å². The minimum atomic E-state index is -0.580. The Balaban J connectivity index is 1.91. The van der Waals surface area contributed by atoms with E-state index < -0.39 is 5.91 Å². The van der Waals surface area contributed by atoms with Gasteiger partial charge in [-0.15, -0.1) is 11.3 Å². The van der Waals surface area contributed by atoms with E-state index in [0.717, 1.165) is 16.9 Å². The van der Waals surface area contributed by atoms with Gasteiger partial charge < -0.3 is 11.1 Å². The predicted molar refractivity (Wildman–Crippen MR) is 77.2 cm³/mol. The Labute approximate surface area is 117 Å². The van der Waals surface area contributed by atoms with E-state index >= 15 is 0 Å². The zero-order valence-electron chi connectivity index (χ0n) is 10.2. The van der Waals surface area contributed by atoms with Crippen molar-refractivity contribution in [3.8, 4) is 0 Å². The van der Waals surface area contributed by atoms with Gasteiger partial charge in [0.1, 0.15) is 10.5 Å². The summed E-state index contributed by atoms with van der Waals surface area (Å²) in [4.78, 5) is 15.1. The lowest BCUT2D eigenvalue weighted by molar-refractivity contribution is 0.1000. The average molecular weight is 286 g/mol. The van der Waals surface area contributed by atoms with Crippen LogP contribution < -0.4 is 11.1 Å². The summed E-state index contributed by atoms with van der Waals surface area (Å²) in [6.45, 7) is 0. The van der Waals surface area contributed by atoms with Gasteiger partial charge in [-0.3, -0.25) is 15.3 Å². The van der Waals surface area contributed by atoms with Crippen LogP contribution in [0.3, 0.4) is 0 Å². The normalized spacial score (nSPS) is 10.6. The second-order valence-corrected chi connectivity index (χ2v) is 5.00. The Morgan fingerprint density at radius 2 is 2.10 bits per heavy atom. The van der Waals surface area contributed by atoms with Crippen molar-refractivity contribution in [1.29, 1.82) is 5.41 Å². The van der Waals surface area contributed by atoms with Gasteiger partial charge in [0.2, 0.25) is 0 Å². The summed E-state index contributed by atoms with van der Waals surface area (Å²) >= 11 is 1.14. The highest BCUT2D eigenvalue weighted by Gasteiger charge is 2.15. The maximum Gasteiger partial charge on any atom is 0.277 e. The molecule has 0 aliphatic rings. The van der Waals surface area contributed by atoms with Crippen LogP contribution in [0.5, 0.6) is 0 Å². The lowest BCUT2D eigenvalue weighted by atomic mass is 10.2. The number of aromatic amines is 1. The van der Waals surface area contributed by atoms with Crippen LogP contribution in [0.1, 0.15) is 15.4 Å². The van der Waals surface area contributed by atoms with Gasteiger partial charge in [-0.05, 0) is 0 Å². The number of aromatic nitrogens is 3. The fraction of sp³-hybridized carbons (Fsp3) is 0. The number of nitrogens with zero attached hydrogens (tertiary/aromatic N) is 2. The zero-order valence-corrected chi connectivity index (χ0v) is 11.0. The quantitative estimate of drug-likeness (QED) is 0.431. The van der Waals surface area contributed by atoms with E-state index in [1.54, 1.807) is 0 Å². The van der Waals surface area contributed by atoms with Crippen LogP contribution in [-0.4, -0.2) is 26.9 Å². The van der Waals surface area contributed by atoms with Crippen LogP contribution in [-0.2, 0) is 0 Å². The number of nitrogens with one attached hydrogen (secondary N) is 3. The van der Waals surface area contributed by atoms with Gasteiger partial charge >= 0.3 is 0 Å². The third-order valence-corrected chi connectivity index (χ3v) is 3.71. The zero-order chi connectivity index (χ0) is 14.1. The van der Waals surface area contributed by atoms with Gasteiger partial charge in [0, 0.05) is 5.56 Å². The van der Waals surface area contributed by atoms with Crippen molar-refractivity contribution < 1.29 is 4.79 Å². The minimum Gasteiger partial charge on any atom is -0.364 e. The Morgan fingerprint density at radius 3 is 2.80 bits per heavy atom. The van der Waals surface area contributed by atoms with E-state index in [2.05, 4.69) is 20.5 Å². The molecule has 0 unspecified atom stereocenters. The number of thiazole rings is 1. The number of benzene rings is 1. The molecule has 2 aromatic heterocycles. The second kappa shape index (κ2) is 4.74. The highest BCUT2D eigenvalue weighted by molar-refractivity contribution is 7.20. The van der Waals surface area contributed by atoms with E-state index in [-0.39, 0.29) is 10.8 Å². The van der Waals surface area contributed by atoms with Crippen LogP contribution >= 0.6 is 11.3 Å². The fourth-order valence-corrected chi connectivity index (χ4v) is 2.51. The fourth-order valence-electron chi connectivity index (χ4n) is 1.70. The Morgan fingerprint density at radius 1 is 1.35 bits per heavy atom. The van der Waals surface area contributed by atoms with Gasteiger partial charge in [-0.25, -0.2) is 4.98 Å². The lowest BCUT2D eigenvalue weighted by Crippen LogP contribution is -2.12. The molecule has 0 fully saturated rings. The summed E-state index contributed by atoms with van der Waals surface area (Å²) in [7, 11) is 0. The number of rotatable bonds is 3. The molecule has 0 radical (unpaired) electrons. The van der Waals surface area contributed by atoms with Crippen LogP contribution in [0, 0.1) is 5.41 Å². The van der Waals surface area contributed by atoms with E-state index in [4.69, 9.17) is 11.1 Å². The summed E-state index contributed by atoms with van der Waals surface area (Å²) in [6.07, 6.45) is 0. The highest BCUT2D eigenvalue weighted by atomic mass is 32.1. The Kier molecular flexibility index (Phi) is 2.92. The van der Waals surface area contributed by atoms with E-state index in [1.165, 1.54) is 0 Å². The Bertz CT molecular complexity index is 791. The van der Waals surface area contributed by atoms with Crippen molar-refractivity contribution in [1.82, 2.24) is 15.2 Å². The van der Waals surface area contributed by atoms with Crippen molar-refractivity contribution in [2.24, 2.45) is 5.73 Å². The predicted octanol–water partition coefficient (Wildman–Crippen LogP) is 1.56. The third kappa shape index (κ3) is 2.12. The number of hydrogen-bond acceptors (Lipinski definition) is 5. The third-order valence-electron chi connectivity index (χ3n) is 2.63. The number of amides is 1. The van der Waals surface area contributed by atoms with Crippen LogP contribution in [0.2, 0.25) is 0 Å². The molecule has 1 amide bonds. The number of carbonyl (C=O) groups excluding carboxylic acids is 1. The van der Waals surface area contributed by atoms with Crippen LogP contribution in [0.4, 0.5) is 5.82 Å². The molecule has 5 N–H and O–H groups in total. The molecule has 0 bridgehead atoms. The average Bonchev–Trinajstić information content (AvgIpc) is 3.02. The topological polar surface area (TPSA) is 121 Å². The first-order valence-corrected chi connectivity index (χ1v) is 6.52. The standard InChI is InChI=1S/C12H10N6OS/c13-8(6-4-2-1-3-5-6)15-10-7-11(18-17-10)16-12(20-7)9(14)19/h1-5H,(H2,14,19)(H3,13,15,17,18). The summed E-state index contributed by atoms with van der Waals surface area (Å²) in [5.74, 6) is 0.0931. The molecule has 1 aromatic carbocycles. The molecule has 0 saturated heterocycles. The number of H-pyrrole nitrogens is 1. The molecule has 20 heavy (non-hydrogen) atoms. The summed E-state index contributed by atoms with van der Waals surface area (Å²) in [5.41, 5.74) is 6.41. The SMILES string of the molecule is N=C(Nc1n[nH]c2nc(C(N)=O)sc12)c1ccccc1. The van der Waals surface area contributed by atoms with Gasteiger partial charge in [-0.1, -0.05) is 30.3 Å². The van der Waals surface area contributed by atoms with E-state index in [9.17, 15) is 4.79 Å². The molecule has 0 spiro atoms. The Hall–Kier alpha value is -2.74. The molecule has 0 aliphatic carbocycles. The maximum absolute atomic E-state index is 11.1. The number of amidine groups is 1. The van der Waals surface area contributed by atoms with Crippen molar-refractivity contribution >= 4 is 39.2 Å². The molecular formula is C12H10N6OS. The monoisotopic (exact) mass is 286 g/mol. The second-order valence-electron chi connectivity index (χ2n) is 4.00. The first-order chi connectivity index (χ1) is 9.65. The van der Waals surface area contributed by atoms with Gasteiger partial charge in [0.25, 0.3) is 5.91 Å². The number of anilines is 1. The van der Waals surface area contributed by atoms with Crippen molar-refractivity contribution in [3.63, 3.8) is 0 Å². The molecule has 3 aromatic rings.